The maximum Gasteiger partial charge on any atom is 0.410 e. The van der Waals surface area contributed by atoms with Crippen molar-refractivity contribution in [3.63, 3.8) is 0 Å². The second-order valence-corrected chi connectivity index (χ2v) is 8.28. The molecule has 1 amide bonds. The van der Waals surface area contributed by atoms with Crippen molar-refractivity contribution in [2.24, 2.45) is 0 Å². The Bertz CT molecular complexity index is 685. The Hall–Kier alpha value is -2.31. The van der Waals surface area contributed by atoms with Gasteiger partial charge in [0.15, 0.2) is 0 Å². The molecule has 1 aliphatic heterocycles. The van der Waals surface area contributed by atoms with Crippen LogP contribution in [0.3, 0.4) is 0 Å². The Labute approximate surface area is 161 Å². The minimum absolute atomic E-state index is 0.229. The van der Waals surface area contributed by atoms with Gasteiger partial charge in [-0.15, -0.1) is 0 Å². The Morgan fingerprint density at radius 2 is 1.56 bits per heavy atom. The largest absolute Gasteiger partial charge is 0.444 e. The number of likely N-dealkylation sites (tertiary alicyclic amines) is 1. The zero-order valence-corrected chi connectivity index (χ0v) is 16.6. The molecule has 1 aliphatic carbocycles. The maximum atomic E-state index is 11.9. The fourth-order valence-corrected chi connectivity index (χ4v) is 3.61. The summed E-state index contributed by atoms with van der Waals surface area (Å²) < 4.78 is 9.34. The predicted molar refractivity (Wildman–Crippen MR) is 103 cm³/mol. The molecule has 2 aromatic rings. The lowest BCUT2D eigenvalue weighted by Crippen LogP contribution is -2.35. The van der Waals surface area contributed by atoms with Crippen LogP contribution >= 0.6 is 0 Å². The second kappa shape index (κ2) is 8.59. The van der Waals surface area contributed by atoms with Crippen LogP contribution in [0.1, 0.15) is 65.0 Å². The summed E-state index contributed by atoms with van der Waals surface area (Å²) in [4.78, 5) is 13.6. The van der Waals surface area contributed by atoms with Gasteiger partial charge >= 0.3 is 6.09 Å². The van der Waals surface area contributed by atoms with E-state index < -0.39 is 5.60 Å². The van der Waals surface area contributed by atoms with Crippen molar-refractivity contribution >= 4 is 6.09 Å². The Balaban J connectivity index is 0.000000177. The van der Waals surface area contributed by atoms with Gasteiger partial charge in [0.1, 0.15) is 5.60 Å². The van der Waals surface area contributed by atoms with Gasteiger partial charge in [-0.1, -0.05) is 12.8 Å². The summed E-state index contributed by atoms with van der Waals surface area (Å²) in [5.74, 6) is 0. The van der Waals surface area contributed by atoms with Gasteiger partial charge in [-0.25, -0.2) is 4.79 Å². The number of hydrogen-bond acceptors (Lipinski definition) is 4. The molecule has 0 spiro atoms. The van der Waals surface area contributed by atoms with Gasteiger partial charge in [-0.3, -0.25) is 9.36 Å². The summed E-state index contributed by atoms with van der Waals surface area (Å²) in [5, 5.41) is 8.42. The van der Waals surface area contributed by atoms with E-state index in [1.807, 2.05) is 50.0 Å². The number of carbonyl (C=O) groups excluding carboxylic acids is 1. The summed E-state index contributed by atoms with van der Waals surface area (Å²) in [6.07, 6.45) is 13.7. The third kappa shape index (κ3) is 5.58. The molecular formula is C20H31N5O2. The van der Waals surface area contributed by atoms with Crippen LogP contribution in [0.25, 0.3) is 0 Å². The van der Waals surface area contributed by atoms with Gasteiger partial charge in [0.25, 0.3) is 0 Å². The van der Waals surface area contributed by atoms with Gasteiger partial charge in [0.2, 0.25) is 0 Å². The van der Waals surface area contributed by atoms with Crippen LogP contribution in [-0.2, 0) is 4.74 Å². The first-order valence-corrected chi connectivity index (χ1v) is 9.88. The number of ether oxygens (including phenoxy) is 1. The lowest BCUT2D eigenvalue weighted by atomic mass is 10.2. The summed E-state index contributed by atoms with van der Waals surface area (Å²) in [6, 6.07) is 4.88. The standard InChI is InChI=1S/C12H19N3O2.C8H12N2/c1-12(2,3)17-11(16)14-8-5-10(9-14)15-7-4-6-13-15;1-2-5-8(4-1)10-7-3-6-9-10/h4,6-7,10H,5,8-9H2,1-3H3;3,6-8H,1-2,4-5H2. The van der Waals surface area contributed by atoms with E-state index in [0.717, 1.165) is 13.0 Å². The summed E-state index contributed by atoms with van der Waals surface area (Å²) in [5.41, 5.74) is -0.430. The summed E-state index contributed by atoms with van der Waals surface area (Å²) in [6.45, 7) is 7.06. The number of nitrogens with zero attached hydrogens (tertiary/aromatic N) is 5. The fraction of sp³-hybridized carbons (Fsp3) is 0.650. The molecule has 0 N–H and O–H groups in total. The molecule has 0 aromatic carbocycles. The quantitative estimate of drug-likeness (QED) is 0.796. The molecule has 2 aromatic heterocycles. The Morgan fingerprint density at radius 3 is 2.07 bits per heavy atom. The van der Waals surface area contributed by atoms with Crippen LogP contribution < -0.4 is 0 Å². The minimum atomic E-state index is -0.430. The Morgan fingerprint density at radius 1 is 0.963 bits per heavy atom. The highest BCUT2D eigenvalue weighted by Gasteiger charge is 2.30. The molecule has 3 heterocycles. The predicted octanol–water partition coefficient (Wildman–Crippen LogP) is 4.06. The van der Waals surface area contributed by atoms with Crippen molar-refractivity contribution < 1.29 is 9.53 Å². The molecule has 1 saturated carbocycles. The molecule has 0 bridgehead atoms. The molecule has 1 unspecified atom stereocenters. The van der Waals surface area contributed by atoms with E-state index in [-0.39, 0.29) is 12.1 Å². The first kappa shape index (κ1) is 19.5. The monoisotopic (exact) mass is 373 g/mol. The third-order valence-corrected chi connectivity index (χ3v) is 4.94. The molecule has 0 radical (unpaired) electrons. The average molecular weight is 374 g/mol. The molecule has 4 rings (SSSR count). The van der Waals surface area contributed by atoms with Crippen LogP contribution in [0.15, 0.2) is 36.9 Å². The van der Waals surface area contributed by atoms with Gasteiger partial charge in [-0.2, -0.15) is 10.2 Å². The summed E-state index contributed by atoms with van der Waals surface area (Å²) >= 11 is 0. The number of rotatable bonds is 2. The molecule has 27 heavy (non-hydrogen) atoms. The highest BCUT2D eigenvalue weighted by molar-refractivity contribution is 5.68. The first-order chi connectivity index (χ1) is 12.9. The van der Waals surface area contributed by atoms with Crippen molar-refractivity contribution in [2.45, 2.75) is 70.6 Å². The zero-order valence-electron chi connectivity index (χ0n) is 16.6. The van der Waals surface area contributed by atoms with Crippen LogP contribution in [0.4, 0.5) is 4.79 Å². The average Bonchev–Trinajstić information content (AvgIpc) is 3.44. The maximum absolute atomic E-state index is 11.9. The number of aromatic nitrogens is 4. The van der Waals surface area contributed by atoms with E-state index >= 15 is 0 Å². The lowest BCUT2D eigenvalue weighted by molar-refractivity contribution is 0.0288. The van der Waals surface area contributed by atoms with E-state index in [0.29, 0.717) is 12.6 Å². The van der Waals surface area contributed by atoms with Crippen molar-refractivity contribution in [3.8, 4) is 0 Å². The smallest absolute Gasteiger partial charge is 0.410 e. The fourth-order valence-electron chi connectivity index (χ4n) is 3.61. The van der Waals surface area contributed by atoms with Gasteiger partial charge < -0.3 is 9.64 Å². The highest BCUT2D eigenvalue weighted by atomic mass is 16.6. The van der Waals surface area contributed by atoms with Crippen LogP contribution in [-0.4, -0.2) is 49.2 Å². The third-order valence-electron chi connectivity index (χ3n) is 4.94. The van der Waals surface area contributed by atoms with Crippen molar-refractivity contribution in [2.75, 3.05) is 13.1 Å². The second-order valence-electron chi connectivity index (χ2n) is 8.28. The van der Waals surface area contributed by atoms with Crippen molar-refractivity contribution in [1.82, 2.24) is 24.5 Å². The topological polar surface area (TPSA) is 65.2 Å². The summed E-state index contributed by atoms with van der Waals surface area (Å²) in [7, 11) is 0. The van der Waals surface area contributed by atoms with Gasteiger partial charge in [0.05, 0.1) is 12.1 Å². The van der Waals surface area contributed by atoms with E-state index in [1.165, 1.54) is 25.7 Å². The number of hydrogen-bond donors (Lipinski definition) is 0. The number of amides is 1. The molecule has 7 heteroatoms. The normalized spacial score (nSPS) is 20.4. The molecule has 148 valence electrons. The highest BCUT2D eigenvalue weighted by Crippen LogP contribution is 2.28. The van der Waals surface area contributed by atoms with Crippen LogP contribution in [0.5, 0.6) is 0 Å². The van der Waals surface area contributed by atoms with Crippen molar-refractivity contribution in [1.29, 1.82) is 0 Å². The number of carbonyl (C=O) groups is 1. The molecule has 2 aliphatic rings. The molecule has 2 fully saturated rings. The lowest BCUT2D eigenvalue weighted by Gasteiger charge is -2.24. The molecular weight excluding hydrogens is 342 g/mol. The van der Waals surface area contributed by atoms with Gasteiger partial charge in [0, 0.05) is 37.9 Å². The first-order valence-electron chi connectivity index (χ1n) is 9.88. The van der Waals surface area contributed by atoms with Crippen LogP contribution in [0, 0.1) is 0 Å². The SMILES string of the molecule is CC(C)(C)OC(=O)N1CCC(n2cccn2)C1.c1cnn(C2CCCC2)c1. The molecule has 1 saturated heterocycles. The minimum Gasteiger partial charge on any atom is -0.444 e. The van der Waals surface area contributed by atoms with E-state index in [9.17, 15) is 4.79 Å². The van der Waals surface area contributed by atoms with E-state index in [2.05, 4.69) is 21.1 Å². The molecule has 1 atom stereocenters. The van der Waals surface area contributed by atoms with Gasteiger partial charge in [-0.05, 0) is 52.2 Å². The zero-order chi connectivity index (χ0) is 19.3. The Kier molecular flexibility index (Phi) is 6.19. The van der Waals surface area contributed by atoms with Crippen molar-refractivity contribution in [3.05, 3.63) is 36.9 Å². The molecule has 7 nitrogen and oxygen atoms in total. The van der Waals surface area contributed by atoms with E-state index in [4.69, 9.17) is 4.74 Å². The van der Waals surface area contributed by atoms with Crippen LogP contribution in [0.2, 0.25) is 0 Å². The van der Waals surface area contributed by atoms with E-state index in [1.54, 1.807) is 11.1 Å².